The average Bonchev–Trinajstić information content (AvgIpc) is 2.27. The molecule has 2 atom stereocenters. The maximum atomic E-state index is 13.6. The number of benzene rings is 1. The van der Waals surface area contributed by atoms with Gasteiger partial charge in [-0.1, -0.05) is 13.0 Å². The van der Waals surface area contributed by atoms with Crippen molar-refractivity contribution >= 4 is 0 Å². The van der Waals surface area contributed by atoms with Crippen LogP contribution >= 0.6 is 0 Å². The van der Waals surface area contributed by atoms with Gasteiger partial charge in [-0.2, -0.15) is 0 Å². The van der Waals surface area contributed by atoms with Gasteiger partial charge in [-0.3, -0.25) is 0 Å². The molecule has 0 aliphatic heterocycles. The highest BCUT2D eigenvalue weighted by Gasteiger charge is 2.22. The minimum absolute atomic E-state index is 0.134. The fourth-order valence-corrected chi connectivity index (χ4v) is 1.83. The van der Waals surface area contributed by atoms with E-state index in [2.05, 4.69) is 5.32 Å². The van der Waals surface area contributed by atoms with Gasteiger partial charge in [-0.25, -0.2) is 8.78 Å². The van der Waals surface area contributed by atoms with E-state index >= 15 is 0 Å². The van der Waals surface area contributed by atoms with Gasteiger partial charge >= 0.3 is 0 Å². The zero-order valence-corrected chi connectivity index (χ0v) is 9.76. The molecule has 2 nitrogen and oxygen atoms in total. The molecule has 0 aliphatic rings. The molecule has 0 saturated heterocycles. The Balaban J connectivity index is 3.03. The lowest BCUT2D eigenvalue weighted by Gasteiger charge is -2.25. The van der Waals surface area contributed by atoms with Crippen LogP contribution in [0.25, 0.3) is 0 Å². The second-order valence-electron chi connectivity index (χ2n) is 3.61. The van der Waals surface area contributed by atoms with E-state index in [4.69, 9.17) is 4.74 Å². The Kier molecular flexibility index (Phi) is 4.83. The molecule has 0 spiro atoms. The second-order valence-corrected chi connectivity index (χ2v) is 3.61. The van der Waals surface area contributed by atoms with Crippen LogP contribution < -0.4 is 5.32 Å². The molecule has 4 heteroatoms. The first-order valence-corrected chi connectivity index (χ1v) is 5.29. The van der Waals surface area contributed by atoms with E-state index in [0.29, 0.717) is 5.56 Å². The number of nitrogens with one attached hydrogen (secondary N) is 1. The van der Waals surface area contributed by atoms with E-state index < -0.39 is 11.6 Å². The molecule has 2 unspecified atom stereocenters. The first-order valence-electron chi connectivity index (χ1n) is 5.29. The number of hydrogen-bond acceptors (Lipinski definition) is 2. The van der Waals surface area contributed by atoms with Gasteiger partial charge in [0.15, 0.2) is 0 Å². The lowest BCUT2D eigenvalue weighted by Crippen LogP contribution is -2.31. The summed E-state index contributed by atoms with van der Waals surface area (Å²) in [6, 6.07) is 3.33. The molecule has 0 amide bonds. The SMILES string of the molecule is CCC(OC)C(NC)c1ccc(F)cc1F. The van der Waals surface area contributed by atoms with Crippen molar-refractivity contribution in [2.45, 2.75) is 25.5 Å². The normalized spacial score (nSPS) is 14.8. The van der Waals surface area contributed by atoms with Crippen molar-refractivity contribution in [3.05, 3.63) is 35.4 Å². The highest BCUT2D eigenvalue weighted by molar-refractivity contribution is 5.23. The Bertz CT molecular complexity index is 340. The highest BCUT2D eigenvalue weighted by Crippen LogP contribution is 2.23. The molecule has 1 aromatic carbocycles. The first-order chi connectivity index (χ1) is 7.63. The van der Waals surface area contributed by atoms with Crippen LogP contribution in [-0.2, 0) is 4.74 Å². The van der Waals surface area contributed by atoms with Crippen LogP contribution in [0.3, 0.4) is 0 Å². The predicted molar refractivity (Wildman–Crippen MR) is 59.2 cm³/mol. The van der Waals surface area contributed by atoms with E-state index in [-0.39, 0.29) is 12.1 Å². The quantitative estimate of drug-likeness (QED) is 0.838. The zero-order valence-electron chi connectivity index (χ0n) is 9.76. The summed E-state index contributed by atoms with van der Waals surface area (Å²) in [6.07, 6.45) is 0.615. The molecule has 0 heterocycles. The molecule has 0 aromatic heterocycles. The van der Waals surface area contributed by atoms with Gasteiger partial charge in [0.1, 0.15) is 11.6 Å². The van der Waals surface area contributed by atoms with Crippen molar-refractivity contribution in [2.24, 2.45) is 0 Å². The zero-order chi connectivity index (χ0) is 12.1. The molecule has 1 N–H and O–H groups in total. The van der Waals surface area contributed by atoms with Crippen molar-refractivity contribution in [1.29, 1.82) is 0 Å². The summed E-state index contributed by atoms with van der Waals surface area (Å²) in [5.41, 5.74) is 0.428. The molecule has 90 valence electrons. The van der Waals surface area contributed by atoms with Crippen LogP contribution in [-0.4, -0.2) is 20.3 Å². The van der Waals surface area contributed by atoms with Crippen LogP contribution in [0.15, 0.2) is 18.2 Å². The van der Waals surface area contributed by atoms with Gasteiger partial charge < -0.3 is 10.1 Å². The Labute approximate surface area is 94.6 Å². The van der Waals surface area contributed by atoms with Crippen molar-refractivity contribution in [3.8, 4) is 0 Å². The van der Waals surface area contributed by atoms with Gasteiger partial charge in [0.05, 0.1) is 12.1 Å². The number of ether oxygens (including phenoxy) is 1. The van der Waals surface area contributed by atoms with Crippen LogP contribution in [0.2, 0.25) is 0 Å². The molecule has 1 aromatic rings. The lowest BCUT2D eigenvalue weighted by molar-refractivity contribution is 0.0664. The summed E-state index contributed by atoms with van der Waals surface area (Å²) in [6.45, 7) is 1.96. The van der Waals surface area contributed by atoms with Gasteiger partial charge in [0.25, 0.3) is 0 Å². The molecule has 0 aliphatic carbocycles. The number of methoxy groups -OCH3 is 1. The van der Waals surface area contributed by atoms with Crippen LogP contribution in [0, 0.1) is 11.6 Å². The summed E-state index contributed by atoms with van der Waals surface area (Å²) >= 11 is 0. The summed E-state index contributed by atoms with van der Waals surface area (Å²) in [5, 5.41) is 2.99. The largest absolute Gasteiger partial charge is 0.379 e. The third kappa shape index (κ3) is 2.77. The molecule has 1 rings (SSSR count). The van der Waals surface area contributed by atoms with Crippen LogP contribution in [0.1, 0.15) is 24.9 Å². The fraction of sp³-hybridized carbons (Fsp3) is 0.500. The lowest BCUT2D eigenvalue weighted by atomic mass is 9.99. The Morgan fingerprint density at radius 2 is 2.06 bits per heavy atom. The van der Waals surface area contributed by atoms with Crippen molar-refractivity contribution in [2.75, 3.05) is 14.2 Å². The highest BCUT2D eigenvalue weighted by atomic mass is 19.1. The number of rotatable bonds is 5. The molecule has 0 saturated carbocycles. The van der Waals surface area contributed by atoms with Crippen molar-refractivity contribution in [3.63, 3.8) is 0 Å². The fourth-order valence-electron chi connectivity index (χ4n) is 1.83. The molecular weight excluding hydrogens is 212 g/mol. The number of hydrogen-bond donors (Lipinski definition) is 1. The van der Waals surface area contributed by atoms with E-state index in [1.165, 1.54) is 12.1 Å². The van der Waals surface area contributed by atoms with Crippen LogP contribution in [0.4, 0.5) is 8.78 Å². The number of halogens is 2. The van der Waals surface area contributed by atoms with Crippen molar-refractivity contribution < 1.29 is 13.5 Å². The molecule has 16 heavy (non-hydrogen) atoms. The summed E-state index contributed by atoms with van der Waals surface area (Å²) in [7, 11) is 3.31. The van der Waals surface area contributed by atoms with E-state index in [0.717, 1.165) is 12.5 Å². The maximum absolute atomic E-state index is 13.6. The topological polar surface area (TPSA) is 21.3 Å². The Morgan fingerprint density at radius 1 is 1.38 bits per heavy atom. The second kappa shape index (κ2) is 5.92. The summed E-state index contributed by atoms with van der Waals surface area (Å²) in [4.78, 5) is 0. The number of likely N-dealkylation sites (N-methyl/N-ethyl adjacent to an activating group) is 1. The smallest absolute Gasteiger partial charge is 0.130 e. The third-order valence-corrected chi connectivity index (χ3v) is 2.69. The molecule has 0 fully saturated rings. The predicted octanol–water partition coefficient (Wildman–Crippen LogP) is 2.65. The van der Waals surface area contributed by atoms with Crippen molar-refractivity contribution in [1.82, 2.24) is 5.32 Å². The molecular formula is C12H17F2NO. The summed E-state index contributed by atoms with van der Waals surface area (Å²) in [5.74, 6) is -1.11. The minimum Gasteiger partial charge on any atom is -0.379 e. The summed E-state index contributed by atoms with van der Waals surface area (Å²) < 4.78 is 31.6. The molecule has 0 radical (unpaired) electrons. The monoisotopic (exact) mass is 229 g/mol. The standard InChI is InChI=1S/C12H17F2NO/c1-4-11(16-3)12(15-2)9-6-5-8(13)7-10(9)14/h5-7,11-12,15H,4H2,1-3H3. The third-order valence-electron chi connectivity index (χ3n) is 2.69. The Morgan fingerprint density at radius 3 is 2.50 bits per heavy atom. The van der Waals surface area contributed by atoms with Gasteiger partial charge in [0.2, 0.25) is 0 Å². The van der Waals surface area contributed by atoms with Gasteiger partial charge in [0, 0.05) is 18.7 Å². The minimum atomic E-state index is -0.568. The Hall–Kier alpha value is -1.00. The van der Waals surface area contributed by atoms with Crippen LogP contribution in [0.5, 0.6) is 0 Å². The van der Waals surface area contributed by atoms with E-state index in [1.807, 2.05) is 6.92 Å². The molecule has 0 bridgehead atoms. The average molecular weight is 229 g/mol. The first kappa shape index (κ1) is 13.1. The maximum Gasteiger partial charge on any atom is 0.130 e. The van der Waals surface area contributed by atoms with E-state index in [9.17, 15) is 8.78 Å². The van der Waals surface area contributed by atoms with E-state index in [1.54, 1.807) is 14.2 Å². The van der Waals surface area contributed by atoms with Gasteiger partial charge in [-0.15, -0.1) is 0 Å². The van der Waals surface area contributed by atoms with Gasteiger partial charge in [-0.05, 0) is 19.5 Å².